The predicted octanol–water partition coefficient (Wildman–Crippen LogP) is 4.70. The standard InChI is InChI=1S/C29H22FN3O5S2/c1-15-5-11-19(12-6-15)33-27(35)23-22(24-26(32-29(37)40-24)39-25(23)28(33)36)16-3-2-4-20(13-16)38-14-21(34)31-18-9-7-17(30)8-10-18/h2-13,22-23,25H,14H2,1H3,(H,31,34)(H,32,37). The number of amides is 3. The summed E-state index contributed by atoms with van der Waals surface area (Å²) in [6.45, 7) is 1.63. The fourth-order valence-corrected chi connectivity index (χ4v) is 7.52. The summed E-state index contributed by atoms with van der Waals surface area (Å²) >= 11 is 2.24. The summed E-state index contributed by atoms with van der Waals surface area (Å²) in [4.78, 5) is 56.6. The highest BCUT2D eigenvalue weighted by molar-refractivity contribution is 8.00. The molecule has 3 amide bonds. The van der Waals surface area contributed by atoms with Gasteiger partial charge in [-0.25, -0.2) is 9.29 Å². The summed E-state index contributed by atoms with van der Waals surface area (Å²) in [7, 11) is 0. The molecule has 202 valence electrons. The molecule has 3 atom stereocenters. The lowest BCUT2D eigenvalue weighted by molar-refractivity contribution is -0.122. The van der Waals surface area contributed by atoms with Crippen LogP contribution in [0, 0.1) is 18.7 Å². The van der Waals surface area contributed by atoms with Crippen molar-refractivity contribution >= 4 is 52.2 Å². The molecule has 4 aromatic rings. The molecule has 2 N–H and O–H groups in total. The molecule has 1 fully saturated rings. The Kier molecular flexibility index (Phi) is 6.77. The molecule has 0 bridgehead atoms. The molecule has 11 heteroatoms. The third kappa shape index (κ3) is 4.82. The Morgan fingerprint density at radius 2 is 1.77 bits per heavy atom. The topological polar surface area (TPSA) is 109 Å². The van der Waals surface area contributed by atoms with Crippen LogP contribution in [0.4, 0.5) is 15.8 Å². The normalized spacial score (nSPS) is 19.8. The number of nitrogens with one attached hydrogen (secondary N) is 2. The van der Waals surface area contributed by atoms with Gasteiger partial charge in [-0.1, -0.05) is 52.9 Å². The summed E-state index contributed by atoms with van der Waals surface area (Å²) in [5.74, 6) is -2.39. The van der Waals surface area contributed by atoms with Crippen molar-refractivity contribution < 1.29 is 23.5 Å². The highest BCUT2D eigenvalue weighted by Crippen LogP contribution is 2.53. The Morgan fingerprint density at radius 1 is 1.02 bits per heavy atom. The lowest BCUT2D eigenvalue weighted by Gasteiger charge is -2.30. The van der Waals surface area contributed by atoms with Gasteiger partial charge in [-0.2, -0.15) is 0 Å². The van der Waals surface area contributed by atoms with E-state index < -0.39 is 28.8 Å². The molecular weight excluding hydrogens is 553 g/mol. The molecule has 0 aliphatic carbocycles. The highest BCUT2D eigenvalue weighted by Gasteiger charge is 2.56. The molecule has 3 heterocycles. The third-order valence-corrected chi connectivity index (χ3v) is 9.23. The van der Waals surface area contributed by atoms with Gasteiger partial charge in [-0.15, -0.1) is 0 Å². The molecule has 3 aromatic carbocycles. The van der Waals surface area contributed by atoms with Crippen LogP contribution in [0.2, 0.25) is 0 Å². The van der Waals surface area contributed by atoms with E-state index in [0.29, 0.717) is 32.6 Å². The van der Waals surface area contributed by atoms with Crippen molar-refractivity contribution in [3.05, 3.63) is 104 Å². The monoisotopic (exact) mass is 575 g/mol. The van der Waals surface area contributed by atoms with E-state index in [9.17, 15) is 23.6 Å². The molecule has 0 saturated carbocycles. The average Bonchev–Trinajstić information content (AvgIpc) is 3.43. The first-order chi connectivity index (χ1) is 19.3. The van der Waals surface area contributed by atoms with E-state index in [0.717, 1.165) is 16.9 Å². The highest BCUT2D eigenvalue weighted by atomic mass is 32.2. The first-order valence-electron chi connectivity index (χ1n) is 12.4. The number of halogens is 1. The Bertz CT molecular complexity index is 1680. The number of rotatable bonds is 6. The maximum Gasteiger partial charge on any atom is 0.305 e. The smallest absolute Gasteiger partial charge is 0.305 e. The SMILES string of the molecule is Cc1ccc(N2C(=O)C3Sc4[nH]c(=O)sc4C(c4cccc(OCC(=O)Nc5ccc(F)cc5)c4)C3C2=O)cc1. The number of hydrogen-bond donors (Lipinski definition) is 2. The van der Waals surface area contributed by atoms with Crippen LogP contribution in [-0.4, -0.2) is 34.6 Å². The van der Waals surface area contributed by atoms with Gasteiger partial charge >= 0.3 is 4.87 Å². The summed E-state index contributed by atoms with van der Waals surface area (Å²) in [5.41, 5.74) is 2.65. The van der Waals surface area contributed by atoms with Crippen LogP contribution in [0.3, 0.4) is 0 Å². The number of anilines is 2. The second-order valence-electron chi connectivity index (χ2n) is 9.51. The van der Waals surface area contributed by atoms with Crippen molar-refractivity contribution in [2.75, 3.05) is 16.8 Å². The van der Waals surface area contributed by atoms with Crippen molar-refractivity contribution in [2.24, 2.45) is 5.92 Å². The zero-order chi connectivity index (χ0) is 28.0. The molecule has 0 radical (unpaired) electrons. The predicted molar refractivity (Wildman–Crippen MR) is 151 cm³/mol. The van der Waals surface area contributed by atoms with Gasteiger partial charge in [0.1, 0.15) is 16.8 Å². The number of nitrogens with zero attached hydrogens (tertiary/aromatic N) is 1. The maximum atomic E-state index is 13.8. The fourth-order valence-electron chi connectivity index (χ4n) is 5.00. The van der Waals surface area contributed by atoms with Gasteiger partial charge in [-0.05, 0) is 61.0 Å². The lowest BCUT2D eigenvalue weighted by Crippen LogP contribution is -2.32. The molecule has 0 spiro atoms. The van der Waals surface area contributed by atoms with E-state index >= 15 is 0 Å². The van der Waals surface area contributed by atoms with Gasteiger partial charge in [0, 0.05) is 16.5 Å². The number of imide groups is 1. The van der Waals surface area contributed by atoms with E-state index in [4.69, 9.17) is 4.74 Å². The average molecular weight is 576 g/mol. The number of H-pyrrole nitrogens is 1. The number of ether oxygens (including phenoxy) is 1. The Morgan fingerprint density at radius 3 is 2.52 bits per heavy atom. The Balaban J connectivity index is 1.28. The van der Waals surface area contributed by atoms with Crippen molar-refractivity contribution in [3.63, 3.8) is 0 Å². The quantitative estimate of drug-likeness (QED) is 0.323. The number of hydrogen-bond acceptors (Lipinski definition) is 7. The largest absolute Gasteiger partial charge is 0.484 e. The number of carbonyl (C=O) groups is 3. The molecule has 1 saturated heterocycles. The van der Waals surface area contributed by atoms with E-state index in [1.54, 1.807) is 30.3 Å². The molecule has 1 aromatic heterocycles. The maximum absolute atomic E-state index is 13.8. The van der Waals surface area contributed by atoms with E-state index in [-0.39, 0.29) is 23.3 Å². The molecular formula is C29H22FN3O5S2. The zero-order valence-electron chi connectivity index (χ0n) is 21.1. The third-order valence-electron chi connectivity index (χ3n) is 6.83. The molecule has 2 aliphatic rings. The van der Waals surface area contributed by atoms with Crippen LogP contribution < -0.4 is 19.8 Å². The Labute approximate surface area is 236 Å². The number of aromatic amines is 1. The summed E-state index contributed by atoms with van der Waals surface area (Å²) in [5, 5.41) is 2.52. The van der Waals surface area contributed by atoms with E-state index in [2.05, 4.69) is 10.3 Å². The van der Waals surface area contributed by atoms with Crippen molar-refractivity contribution in [1.82, 2.24) is 4.98 Å². The van der Waals surface area contributed by atoms with Gasteiger partial charge in [0.15, 0.2) is 6.61 Å². The number of fused-ring (bicyclic) bond motifs is 2. The summed E-state index contributed by atoms with van der Waals surface area (Å²) in [6.07, 6.45) is 0. The number of thioether (sulfide) groups is 1. The Hall–Kier alpha value is -4.22. The van der Waals surface area contributed by atoms with Gasteiger partial charge < -0.3 is 15.0 Å². The number of aryl methyl sites for hydroxylation is 1. The van der Waals surface area contributed by atoms with E-state index in [1.165, 1.54) is 40.9 Å². The van der Waals surface area contributed by atoms with Crippen LogP contribution >= 0.6 is 23.1 Å². The second kappa shape index (κ2) is 10.4. The van der Waals surface area contributed by atoms with Crippen LogP contribution in [0.25, 0.3) is 0 Å². The first-order valence-corrected chi connectivity index (χ1v) is 14.1. The molecule has 6 rings (SSSR count). The van der Waals surface area contributed by atoms with Crippen molar-refractivity contribution in [3.8, 4) is 5.75 Å². The summed E-state index contributed by atoms with van der Waals surface area (Å²) in [6, 6.07) is 19.6. The fraction of sp³-hybridized carbons (Fsp3) is 0.172. The van der Waals surface area contributed by atoms with Crippen LogP contribution in [-0.2, 0) is 14.4 Å². The first kappa shape index (κ1) is 26.0. The molecule has 2 aliphatic heterocycles. The minimum absolute atomic E-state index is 0.261. The second-order valence-corrected chi connectivity index (χ2v) is 11.7. The number of thiazole rings is 1. The minimum Gasteiger partial charge on any atom is -0.484 e. The van der Waals surface area contributed by atoms with Gasteiger partial charge in [0.05, 0.1) is 16.6 Å². The number of carbonyl (C=O) groups excluding carboxylic acids is 3. The number of aromatic nitrogens is 1. The zero-order valence-corrected chi connectivity index (χ0v) is 22.7. The lowest BCUT2D eigenvalue weighted by atomic mass is 9.83. The van der Waals surface area contributed by atoms with Gasteiger partial charge in [-0.3, -0.25) is 19.2 Å². The van der Waals surface area contributed by atoms with Crippen molar-refractivity contribution in [1.29, 1.82) is 0 Å². The van der Waals surface area contributed by atoms with Gasteiger partial charge in [0.2, 0.25) is 11.8 Å². The van der Waals surface area contributed by atoms with Gasteiger partial charge in [0.25, 0.3) is 5.91 Å². The van der Waals surface area contributed by atoms with Crippen molar-refractivity contribution in [2.45, 2.75) is 23.1 Å². The molecule has 8 nitrogen and oxygen atoms in total. The van der Waals surface area contributed by atoms with Crippen LogP contribution in [0.15, 0.2) is 82.6 Å². The molecule has 40 heavy (non-hydrogen) atoms. The number of benzene rings is 3. The molecule has 3 unspecified atom stereocenters. The van der Waals surface area contributed by atoms with E-state index in [1.807, 2.05) is 25.1 Å². The van der Waals surface area contributed by atoms with Crippen LogP contribution in [0.5, 0.6) is 5.75 Å². The summed E-state index contributed by atoms with van der Waals surface area (Å²) < 4.78 is 18.9. The van der Waals surface area contributed by atoms with Crippen LogP contribution in [0.1, 0.15) is 21.9 Å². The minimum atomic E-state index is -0.727.